The fourth-order valence-electron chi connectivity index (χ4n) is 2.69. The third-order valence-electron chi connectivity index (χ3n) is 4.37. The summed E-state index contributed by atoms with van der Waals surface area (Å²) >= 11 is 6.03. The fourth-order valence-corrected chi connectivity index (χ4v) is 4.18. The largest absolute Gasteiger partial charge is 0.495 e. The average molecular weight is 370 g/mol. The molecule has 1 aromatic carbocycles. The molecular weight excluding hydrogens is 350 g/mol. The molecule has 1 saturated carbocycles. The molecule has 1 aromatic heterocycles. The number of hydrogen-bond donors (Lipinski definition) is 0. The first kappa shape index (κ1) is 17.3. The van der Waals surface area contributed by atoms with Crippen LogP contribution in [0.15, 0.2) is 39.6 Å². The highest BCUT2D eigenvalue weighted by Gasteiger charge is 2.36. The summed E-state index contributed by atoms with van der Waals surface area (Å²) in [6.07, 6.45) is 1.13. The van der Waals surface area contributed by atoms with E-state index in [1.54, 1.807) is 6.07 Å². The maximum Gasteiger partial charge on any atom is 0.243 e. The molecule has 0 radical (unpaired) electrons. The van der Waals surface area contributed by atoms with E-state index < -0.39 is 10.0 Å². The van der Waals surface area contributed by atoms with E-state index >= 15 is 0 Å². The summed E-state index contributed by atoms with van der Waals surface area (Å²) in [6.45, 7) is 2.35. The van der Waals surface area contributed by atoms with Gasteiger partial charge < -0.3 is 9.15 Å². The van der Waals surface area contributed by atoms with Crippen LogP contribution < -0.4 is 4.74 Å². The lowest BCUT2D eigenvalue weighted by atomic mass is 10.3. The maximum absolute atomic E-state index is 12.7. The molecule has 0 amide bonds. The summed E-state index contributed by atoms with van der Waals surface area (Å²) in [5, 5.41) is 0.259. The second-order valence-electron chi connectivity index (χ2n) is 6.18. The van der Waals surface area contributed by atoms with Crippen molar-refractivity contribution >= 4 is 21.6 Å². The minimum atomic E-state index is -3.66. The van der Waals surface area contributed by atoms with E-state index in [2.05, 4.69) is 6.92 Å². The second-order valence-corrected chi connectivity index (χ2v) is 8.63. The molecule has 24 heavy (non-hydrogen) atoms. The molecule has 1 aliphatic rings. The van der Waals surface area contributed by atoms with Gasteiger partial charge in [0, 0.05) is 13.0 Å². The summed E-state index contributed by atoms with van der Waals surface area (Å²) < 4.78 is 37.5. The standard InChI is InChI=1S/C17H20ClNO4S/c1-11-8-14(11)16-6-4-12(23-16)10-19(2)24(20,21)13-5-7-17(22-3)15(18)9-13/h4-7,9,11,14H,8,10H2,1-3H3/t11-,14-/m0/s1. The van der Waals surface area contributed by atoms with Crippen LogP contribution in [0.5, 0.6) is 5.75 Å². The number of halogens is 1. The van der Waals surface area contributed by atoms with Crippen LogP contribution in [-0.2, 0) is 16.6 Å². The van der Waals surface area contributed by atoms with Gasteiger partial charge in [-0.2, -0.15) is 4.31 Å². The SMILES string of the molecule is COc1ccc(S(=O)(=O)N(C)Cc2ccc([C@H]3C[C@@H]3C)o2)cc1Cl. The number of sulfonamides is 1. The van der Waals surface area contributed by atoms with Gasteiger partial charge in [0.25, 0.3) is 0 Å². The van der Waals surface area contributed by atoms with Gasteiger partial charge in [-0.05, 0) is 42.7 Å². The summed E-state index contributed by atoms with van der Waals surface area (Å²) in [4.78, 5) is 0.124. The summed E-state index contributed by atoms with van der Waals surface area (Å²) in [7, 11) is -0.651. The molecule has 2 aromatic rings. The molecule has 130 valence electrons. The first-order chi connectivity index (χ1) is 11.3. The third kappa shape index (κ3) is 3.31. The van der Waals surface area contributed by atoms with Crippen molar-refractivity contribution in [2.45, 2.75) is 30.7 Å². The van der Waals surface area contributed by atoms with E-state index in [1.807, 2.05) is 12.1 Å². The van der Waals surface area contributed by atoms with Gasteiger partial charge in [0.05, 0.1) is 23.6 Å². The lowest BCUT2D eigenvalue weighted by molar-refractivity contribution is 0.389. The molecule has 0 N–H and O–H groups in total. The highest BCUT2D eigenvalue weighted by molar-refractivity contribution is 7.89. The molecule has 1 fully saturated rings. The van der Waals surface area contributed by atoms with Crippen molar-refractivity contribution in [2.75, 3.05) is 14.2 Å². The van der Waals surface area contributed by atoms with Gasteiger partial charge in [-0.1, -0.05) is 18.5 Å². The van der Waals surface area contributed by atoms with Gasteiger partial charge in [0.2, 0.25) is 10.0 Å². The van der Waals surface area contributed by atoms with Crippen LogP contribution in [0.25, 0.3) is 0 Å². The monoisotopic (exact) mass is 369 g/mol. The number of nitrogens with zero attached hydrogens (tertiary/aromatic N) is 1. The van der Waals surface area contributed by atoms with Crippen molar-refractivity contribution in [3.05, 3.63) is 46.9 Å². The normalized spacial score (nSPS) is 20.4. The van der Waals surface area contributed by atoms with Crippen LogP contribution in [0, 0.1) is 5.92 Å². The van der Waals surface area contributed by atoms with Gasteiger partial charge >= 0.3 is 0 Å². The zero-order valence-corrected chi connectivity index (χ0v) is 15.4. The fraction of sp³-hybridized carbons (Fsp3) is 0.412. The topological polar surface area (TPSA) is 59.8 Å². The molecule has 1 aliphatic carbocycles. The summed E-state index contributed by atoms with van der Waals surface area (Å²) in [5.74, 6) is 3.13. The lowest BCUT2D eigenvalue weighted by Gasteiger charge is -2.16. The second kappa shape index (κ2) is 6.43. The highest BCUT2D eigenvalue weighted by atomic mass is 35.5. The number of hydrogen-bond acceptors (Lipinski definition) is 4. The minimum Gasteiger partial charge on any atom is -0.495 e. The lowest BCUT2D eigenvalue weighted by Crippen LogP contribution is -2.26. The maximum atomic E-state index is 12.7. The molecule has 0 spiro atoms. The minimum absolute atomic E-state index is 0.124. The Labute approximate surface area is 147 Å². The van der Waals surface area contributed by atoms with Crippen LogP contribution in [0.2, 0.25) is 5.02 Å². The van der Waals surface area contributed by atoms with E-state index in [0.29, 0.717) is 23.3 Å². The Morgan fingerprint density at radius 3 is 2.62 bits per heavy atom. The van der Waals surface area contributed by atoms with Crippen molar-refractivity contribution in [3.8, 4) is 5.75 Å². The van der Waals surface area contributed by atoms with Crippen LogP contribution >= 0.6 is 11.6 Å². The van der Waals surface area contributed by atoms with Crippen molar-refractivity contribution < 1.29 is 17.6 Å². The van der Waals surface area contributed by atoms with Gasteiger partial charge in [0.1, 0.15) is 17.3 Å². The van der Waals surface area contributed by atoms with E-state index in [1.165, 1.54) is 30.6 Å². The molecule has 0 aliphatic heterocycles. The molecule has 0 unspecified atom stereocenters. The molecule has 0 bridgehead atoms. The first-order valence-corrected chi connectivity index (χ1v) is 9.53. The zero-order valence-electron chi connectivity index (χ0n) is 13.8. The van der Waals surface area contributed by atoms with Gasteiger partial charge in [-0.3, -0.25) is 0 Å². The molecular formula is C17H20ClNO4S. The molecule has 1 heterocycles. The van der Waals surface area contributed by atoms with E-state index in [0.717, 1.165) is 12.2 Å². The number of methoxy groups -OCH3 is 1. The predicted octanol–water partition coefficient (Wildman–Crippen LogP) is 3.89. The Balaban J connectivity index is 1.76. The Morgan fingerprint density at radius 2 is 2.04 bits per heavy atom. The molecule has 2 atom stereocenters. The highest BCUT2D eigenvalue weighted by Crippen LogP contribution is 2.47. The third-order valence-corrected chi connectivity index (χ3v) is 6.46. The number of benzene rings is 1. The quantitative estimate of drug-likeness (QED) is 0.775. The van der Waals surface area contributed by atoms with E-state index in [-0.39, 0.29) is 16.5 Å². The van der Waals surface area contributed by atoms with E-state index in [9.17, 15) is 8.42 Å². The summed E-state index contributed by atoms with van der Waals surface area (Å²) in [5.41, 5.74) is 0. The molecule has 0 saturated heterocycles. The Kier molecular flexibility index (Phi) is 4.64. The van der Waals surface area contributed by atoms with Crippen molar-refractivity contribution in [1.29, 1.82) is 0 Å². The number of ether oxygens (including phenoxy) is 1. The Hall–Kier alpha value is -1.50. The zero-order chi connectivity index (χ0) is 17.5. The Morgan fingerprint density at radius 1 is 1.33 bits per heavy atom. The van der Waals surface area contributed by atoms with Crippen LogP contribution in [0.3, 0.4) is 0 Å². The predicted molar refractivity (Wildman–Crippen MR) is 91.9 cm³/mol. The molecule has 3 rings (SSSR count). The molecule has 5 nitrogen and oxygen atoms in total. The Bertz CT molecular complexity index is 846. The number of rotatable bonds is 6. The average Bonchev–Trinajstić information content (AvgIpc) is 3.09. The number of furan rings is 1. The van der Waals surface area contributed by atoms with Crippen LogP contribution in [0.1, 0.15) is 30.8 Å². The summed E-state index contributed by atoms with van der Waals surface area (Å²) in [6, 6.07) is 8.20. The van der Waals surface area contributed by atoms with E-state index in [4.69, 9.17) is 20.8 Å². The smallest absolute Gasteiger partial charge is 0.243 e. The van der Waals surface area contributed by atoms with Gasteiger partial charge in [-0.25, -0.2) is 8.42 Å². The van der Waals surface area contributed by atoms with Crippen molar-refractivity contribution in [2.24, 2.45) is 5.92 Å². The van der Waals surface area contributed by atoms with Crippen molar-refractivity contribution in [3.63, 3.8) is 0 Å². The molecule has 7 heteroatoms. The van der Waals surface area contributed by atoms with Gasteiger partial charge in [-0.15, -0.1) is 0 Å². The first-order valence-electron chi connectivity index (χ1n) is 7.71. The van der Waals surface area contributed by atoms with Crippen molar-refractivity contribution in [1.82, 2.24) is 4.31 Å². The van der Waals surface area contributed by atoms with Gasteiger partial charge in [0.15, 0.2) is 0 Å². The van der Waals surface area contributed by atoms with Crippen LogP contribution in [0.4, 0.5) is 0 Å². The van der Waals surface area contributed by atoms with Crippen LogP contribution in [-0.4, -0.2) is 26.9 Å².